The number of nitrogens with one attached hydrogen (secondary N) is 1. The van der Waals surface area contributed by atoms with Gasteiger partial charge < -0.3 is 19.7 Å². The van der Waals surface area contributed by atoms with Gasteiger partial charge in [0, 0.05) is 42.2 Å². The Kier molecular flexibility index (Phi) is 5.37. The van der Waals surface area contributed by atoms with Crippen molar-refractivity contribution in [1.82, 2.24) is 9.88 Å². The fourth-order valence-corrected chi connectivity index (χ4v) is 3.79. The number of aliphatic hydroxyl groups is 1. The van der Waals surface area contributed by atoms with E-state index in [-0.39, 0.29) is 23.7 Å². The maximum Gasteiger partial charge on any atom is 0.290 e. The number of fused-ring (bicyclic) bond motifs is 1. The predicted octanol–water partition coefficient (Wildman–Crippen LogP) is 3.43. The Morgan fingerprint density at radius 1 is 1.33 bits per heavy atom. The summed E-state index contributed by atoms with van der Waals surface area (Å²) < 4.78 is 5.14. The molecule has 27 heavy (non-hydrogen) atoms. The third-order valence-electron chi connectivity index (χ3n) is 4.95. The summed E-state index contributed by atoms with van der Waals surface area (Å²) in [5, 5.41) is 11.5. The quantitative estimate of drug-likeness (QED) is 0.782. The van der Waals surface area contributed by atoms with Crippen molar-refractivity contribution in [3.05, 3.63) is 46.9 Å². The molecule has 2 N–H and O–H groups in total. The van der Waals surface area contributed by atoms with E-state index < -0.39 is 17.7 Å². The molecule has 2 heterocycles. The van der Waals surface area contributed by atoms with Crippen LogP contribution in [-0.4, -0.2) is 46.9 Å². The minimum atomic E-state index is -0.616. The largest absolute Gasteiger partial charge is 0.503 e. The zero-order valence-electron chi connectivity index (χ0n) is 16.2. The molecule has 6 nitrogen and oxygen atoms in total. The normalized spacial score (nSPS) is 17.6. The highest BCUT2D eigenvalue weighted by Gasteiger charge is 2.44. The number of H-pyrrole nitrogens is 1. The van der Waals surface area contributed by atoms with Gasteiger partial charge in [-0.2, -0.15) is 0 Å². The molecule has 1 aliphatic rings. The van der Waals surface area contributed by atoms with Gasteiger partial charge in [-0.15, -0.1) is 0 Å². The molecule has 1 aromatic heterocycles. The number of Topliss-reactive ketones (excluding diaryl/α,β-unsaturated/α-hetero) is 1. The number of ketones is 1. The lowest BCUT2D eigenvalue weighted by Crippen LogP contribution is -2.34. The first kappa shape index (κ1) is 19.2. The molecule has 0 radical (unpaired) electrons. The van der Waals surface area contributed by atoms with Crippen molar-refractivity contribution in [2.75, 3.05) is 20.3 Å². The number of ether oxygens (including phenoxy) is 1. The van der Waals surface area contributed by atoms with Crippen molar-refractivity contribution in [2.45, 2.75) is 33.2 Å². The van der Waals surface area contributed by atoms with Crippen LogP contribution in [0.2, 0.25) is 0 Å². The Labute approximate surface area is 158 Å². The summed E-state index contributed by atoms with van der Waals surface area (Å²) in [7, 11) is 1.56. The molecule has 0 aliphatic carbocycles. The molecule has 0 fully saturated rings. The van der Waals surface area contributed by atoms with Gasteiger partial charge in [0.25, 0.3) is 5.91 Å². The number of carbonyl (C=O) groups excluding carboxylic acids is 2. The van der Waals surface area contributed by atoms with Crippen molar-refractivity contribution in [1.29, 1.82) is 0 Å². The Balaban J connectivity index is 2.17. The Bertz CT molecular complexity index is 910. The minimum Gasteiger partial charge on any atom is -0.503 e. The Hall–Kier alpha value is -2.60. The minimum absolute atomic E-state index is 0.130. The molecular weight excluding hydrogens is 344 g/mol. The Morgan fingerprint density at radius 3 is 2.70 bits per heavy atom. The monoisotopic (exact) mass is 370 g/mol. The van der Waals surface area contributed by atoms with Crippen LogP contribution in [0.1, 0.15) is 37.6 Å². The molecule has 0 saturated heterocycles. The summed E-state index contributed by atoms with van der Waals surface area (Å²) in [5.74, 6) is -1.02. The van der Waals surface area contributed by atoms with Crippen LogP contribution in [-0.2, 0) is 14.3 Å². The van der Waals surface area contributed by atoms with E-state index >= 15 is 0 Å². The number of rotatable bonds is 7. The van der Waals surface area contributed by atoms with Crippen molar-refractivity contribution in [3.63, 3.8) is 0 Å². The summed E-state index contributed by atoms with van der Waals surface area (Å²) in [5.41, 5.74) is 2.86. The maximum atomic E-state index is 12.9. The molecule has 2 aromatic rings. The number of aromatic nitrogens is 1. The lowest BCUT2D eigenvalue weighted by Gasteiger charge is -2.27. The Morgan fingerprint density at radius 2 is 2.04 bits per heavy atom. The summed E-state index contributed by atoms with van der Waals surface area (Å²) >= 11 is 0. The maximum absolute atomic E-state index is 12.9. The van der Waals surface area contributed by atoms with Crippen LogP contribution >= 0.6 is 0 Å². The highest BCUT2D eigenvalue weighted by Crippen LogP contribution is 2.42. The van der Waals surface area contributed by atoms with Gasteiger partial charge in [0.05, 0.1) is 18.2 Å². The molecule has 3 rings (SSSR count). The first-order valence-corrected chi connectivity index (χ1v) is 9.20. The highest BCUT2D eigenvalue weighted by atomic mass is 16.5. The molecule has 0 saturated carbocycles. The van der Waals surface area contributed by atoms with E-state index in [9.17, 15) is 14.7 Å². The van der Waals surface area contributed by atoms with Crippen LogP contribution in [0.3, 0.4) is 0 Å². The average molecular weight is 370 g/mol. The number of carbonyl (C=O) groups is 2. The molecule has 144 valence electrons. The SMILES string of the molecule is COCCN1C(=O)C(O)=C(C(=O)CC(C)C)C1c1c(C)[nH]c2ccccc12. The fourth-order valence-electron chi connectivity index (χ4n) is 3.79. The molecule has 0 bridgehead atoms. The first-order chi connectivity index (χ1) is 12.9. The van der Waals surface area contributed by atoms with Gasteiger partial charge in [-0.1, -0.05) is 32.0 Å². The fraction of sp³-hybridized carbons (Fsp3) is 0.429. The van der Waals surface area contributed by atoms with E-state index in [0.717, 1.165) is 22.2 Å². The summed E-state index contributed by atoms with van der Waals surface area (Å²) in [6.07, 6.45) is 0.280. The number of para-hydroxylation sites is 1. The van der Waals surface area contributed by atoms with Crippen molar-refractivity contribution >= 4 is 22.6 Å². The van der Waals surface area contributed by atoms with E-state index in [1.807, 2.05) is 45.0 Å². The number of benzene rings is 1. The molecule has 6 heteroatoms. The van der Waals surface area contributed by atoms with Gasteiger partial charge in [0.1, 0.15) is 0 Å². The van der Waals surface area contributed by atoms with Gasteiger partial charge in [0.2, 0.25) is 0 Å². The van der Waals surface area contributed by atoms with E-state index in [0.29, 0.717) is 13.2 Å². The topological polar surface area (TPSA) is 82.6 Å². The number of hydrogen-bond donors (Lipinski definition) is 2. The van der Waals surface area contributed by atoms with Crippen LogP contribution in [0.15, 0.2) is 35.6 Å². The summed E-state index contributed by atoms with van der Waals surface area (Å²) in [6, 6.07) is 7.17. The van der Waals surface area contributed by atoms with Crippen LogP contribution in [0, 0.1) is 12.8 Å². The van der Waals surface area contributed by atoms with E-state index in [2.05, 4.69) is 4.98 Å². The molecule has 0 spiro atoms. The van der Waals surface area contributed by atoms with Crippen LogP contribution in [0.25, 0.3) is 10.9 Å². The van der Waals surface area contributed by atoms with Crippen molar-refractivity contribution < 1.29 is 19.4 Å². The number of amides is 1. The first-order valence-electron chi connectivity index (χ1n) is 9.20. The van der Waals surface area contributed by atoms with Crippen molar-refractivity contribution in [3.8, 4) is 0 Å². The third kappa shape index (κ3) is 3.37. The van der Waals surface area contributed by atoms with Gasteiger partial charge in [-0.25, -0.2) is 0 Å². The zero-order valence-corrected chi connectivity index (χ0v) is 16.2. The summed E-state index contributed by atoms with van der Waals surface area (Å²) in [6.45, 7) is 6.43. The van der Waals surface area contributed by atoms with E-state index in [1.54, 1.807) is 7.11 Å². The molecule has 1 aliphatic heterocycles. The standard InChI is InChI=1S/C21H26N2O4/c1-12(2)11-16(24)18-19(23(9-10-27-4)21(26)20(18)25)17-13(3)22-15-8-6-5-7-14(15)17/h5-8,12,19,22,25H,9-11H2,1-4H3. The molecule has 1 amide bonds. The van der Waals surface area contributed by atoms with Gasteiger partial charge >= 0.3 is 0 Å². The molecular formula is C21H26N2O4. The molecule has 1 aromatic carbocycles. The van der Waals surface area contributed by atoms with Crippen LogP contribution < -0.4 is 0 Å². The number of nitrogens with zero attached hydrogens (tertiary/aromatic N) is 1. The predicted molar refractivity (Wildman–Crippen MR) is 103 cm³/mol. The second-order valence-corrected chi connectivity index (χ2v) is 7.39. The second-order valence-electron chi connectivity index (χ2n) is 7.39. The van der Waals surface area contributed by atoms with Crippen LogP contribution in [0.5, 0.6) is 0 Å². The molecule has 1 unspecified atom stereocenters. The van der Waals surface area contributed by atoms with Crippen LogP contribution in [0.4, 0.5) is 0 Å². The van der Waals surface area contributed by atoms with E-state index in [1.165, 1.54) is 4.90 Å². The molecule has 1 atom stereocenters. The van der Waals surface area contributed by atoms with Gasteiger partial charge in [-0.3, -0.25) is 9.59 Å². The lowest BCUT2D eigenvalue weighted by molar-refractivity contribution is -0.130. The number of methoxy groups -OCH3 is 1. The highest BCUT2D eigenvalue weighted by molar-refractivity contribution is 6.09. The summed E-state index contributed by atoms with van der Waals surface area (Å²) in [4.78, 5) is 30.6. The average Bonchev–Trinajstić information content (AvgIpc) is 3.06. The van der Waals surface area contributed by atoms with Gasteiger partial charge in [-0.05, 0) is 18.9 Å². The van der Waals surface area contributed by atoms with Gasteiger partial charge in [0.15, 0.2) is 11.5 Å². The second kappa shape index (κ2) is 7.56. The zero-order chi connectivity index (χ0) is 19.7. The number of aryl methyl sites for hydroxylation is 1. The number of hydrogen-bond acceptors (Lipinski definition) is 4. The lowest BCUT2D eigenvalue weighted by atomic mass is 9.90. The van der Waals surface area contributed by atoms with E-state index in [4.69, 9.17) is 4.74 Å². The van der Waals surface area contributed by atoms with Crippen molar-refractivity contribution in [2.24, 2.45) is 5.92 Å². The number of aromatic amines is 1. The third-order valence-corrected chi connectivity index (χ3v) is 4.95. The number of aliphatic hydroxyl groups excluding tert-OH is 1. The smallest absolute Gasteiger partial charge is 0.290 e.